The molecular formula is C5H3ClN2O3. The van der Waals surface area contributed by atoms with Gasteiger partial charge in [0.05, 0.1) is 0 Å². The predicted molar refractivity (Wildman–Crippen MR) is 35.4 cm³/mol. The molecule has 1 rings (SSSR count). The number of nitrogens with zero attached hydrogens (tertiary/aromatic N) is 1. The Bertz CT molecular complexity index is 307. The number of aldehydes is 1. The maximum atomic E-state index is 10.5. The van der Waals surface area contributed by atoms with Gasteiger partial charge in [-0.2, -0.15) is 0 Å². The van der Waals surface area contributed by atoms with Gasteiger partial charge in [0.2, 0.25) is 5.22 Å². The highest BCUT2D eigenvalue weighted by atomic mass is 35.5. The van der Waals surface area contributed by atoms with E-state index >= 15 is 0 Å². The number of rotatable bonds is 2. The summed E-state index contributed by atoms with van der Waals surface area (Å²) < 4.78 is 4.33. The summed E-state index contributed by atoms with van der Waals surface area (Å²) >= 11 is 5.33. The summed E-state index contributed by atoms with van der Waals surface area (Å²) in [6, 6.07) is 0. The monoisotopic (exact) mass is 174 g/mol. The molecule has 0 aliphatic carbocycles. The van der Waals surface area contributed by atoms with E-state index in [4.69, 9.17) is 17.3 Å². The van der Waals surface area contributed by atoms with Crippen molar-refractivity contribution < 1.29 is 14.1 Å². The lowest BCUT2D eigenvalue weighted by Crippen LogP contribution is -2.12. The van der Waals surface area contributed by atoms with Crippen LogP contribution < -0.4 is 5.73 Å². The van der Waals surface area contributed by atoms with Crippen LogP contribution in [-0.4, -0.2) is 17.4 Å². The normalized spacial score (nSPS) is 9.55. The SMILES string of the molecule is NC(=O)c1c(C=O)noc1Cl. The summed E-state index contributed by atoms with van der Waals surface area (Å²) in [6.07, 6.45) is 0.343. The first kappa shape index (κ1) is 7.74. The van der Waals surface area contributed by atoms with Crippen LogP contribution in [0.3, 0.4) is 0 Å². The van der Waals surface area contributed by atoms with Gasteiger partial charge in [-0.1, -0.05) is 5.16 Å². The number of halogens is 1. The Balaban J connectivity index is 3.28. The van der Waals surface area contributed by atoms with Crippen LogP contribution in [0.5, 0.6) is 0 Å². The minimum atomic E-state index is -0.835. The molecule has 58 valence electrons. The Kier molecular flexibility index (Phi) is 1.91. The zero-order valence-electron chi connectivity index (χ0n) is 5.20. The van der Waals surface area contributed by atoms with Crippen LogP contribution in [0.1, 0.15) is 20.8 Å². The Labute approximate surface area is 66.1 Å². The van der Waals surface area contributed by atoms with Gasteiger partial charge in [-0.3, -0.25) is 9.59 Å². The summed E-state index contributed by atoms with van der Waals surface area (Å²) in [5, 5.41) is 2.92. The molecule has 0 saturated heterocycles. The fourth-order valence-electron chi connectivity index (χ4n) is 0.585. The van der Waals surface area contributed by atoms with Gasteiger partial charge in [0.15, 0.2) is 12.0 Å². The fraction of sp³-hybridized carbons (Fsp3) is 0. The van der Waals surface area contributed by atoms with Crippen molar-refractivity contribution in [1.82, 2.24) is 5.16 Å². The number of hydrogen-bond acceptors (Lipinski definition) is 4. The molecular weight excluding hydrogens is 172 g/mol. The van der Waals surface area contributed by atoms with E-state index in [0.29, 0.717) is 6.29 Å². The first-order valence-electron chi connectivity index (χ1n) is 2.57. The number of carbonyl (C=O) groups excluding carboxylic acids is 2. The maximum Gasteiger partial charge on any atom is 0.256 e. The van der Waals surface area contributed by atoms with Crippen molar-refractivity contribution in [2.75, 3.05) is 0 Å². The number of amides is 1. The third-order valence-corrected chi connectivity index (χ3v) is 1.29. The van der Waals surface area contributed by atoms with E-state index in [1.54, 1.807) is 0 Å². The molecule has 0 aliphatic rings. The summed E-state index contributed by atoms with van der Waals surface area (Å²) in [4.78, 5) is 20.7. The first-order chi connectivity index (χ1) is 5.16. The minimum absolute atomic E-state index is 0.178. The molecule has 0 spiro atoms. The zero-order valence-corrected chi connectivity index (χ0v) is 5.96. The second-order valence-electron chi connectivity index (χ2n) is 1.70. The van der Waals surface area contributed by atoms with Crippen molar-refractivity contribution in [3.63, 3.8) is 0 Å². The number of nitrogens with two attached hydrogens (primary N) is 1. The Morgan fingerprint density at radius 3 is 2.73 bits per heavy atom. The average Bonchev–Trinajstić information content (AvgIpc) is 2.30. The fourth-order valence-corrected chi connectivity index (χ4v) is 0.809. The zero-order chi connectivity index (χ0) is 8.43. The molecule has 0 radical (unpaired) electrons. The van der Waals surface area contributed by atoms with Gasteiger partial charge in [0, 0.05) is 0 Å². The van der Waals surface area contributed by atoms with E-state index in [9.17, 15) is 9.59 Å². The number of carbonyl (C=O) groups is 2. The van der Waals surface area contributed by atoms with Crippen molar-refractivity contribution in [2.45, 2.75) is 0 Å². The average molecular weight is 175 g/mol. The van der Waals surface area contributed by atoms with Gasteiger partial charge in [0.1, 0.15) is 5.56 Å². The van der Waals surface area contributed by atoms with E-state index in [1.165, 1.54) is 0 Å². The lowest BCUT2D eigenvalue weighted by atomic mass is 10.2. The molecule has 6 heteroatoms. The molecule has 1 aromatic heterocycles. The van der Waals surface area contributed by atoms with Crippen LogP contribution >= 0.6 is 11.6 Å². The summed E-state index contributed by atoms with van der Waals surface area (Å²) in [5.41, 5.74) is 4.50. The third kappa shape index (κ3) is 1.22. The molecule has 11 heavy (non-hydrogen) atoms. The quantitative estimate of drug-likeness (QED) is 0.651. The minimum Gasteiger partial charge on any atom is -0.365 e. The molecule has 1 aromatic rings. The molecule has 5 nitrogen and oxygen atoms in total. The van der Waals surface area contributed by atoms with Gasteiger partial charge in [-0.05, 0) is 11.6 Å². The van der Waals surface area contributed by atoms with Crippen LogP contribution in [-0.2, 0) is 0 Å². The van der Waals surface area contributed by atoms with Crippen molar-refractivity contribution in [3.8, 4) is 0 Å². The van der Waals surface area contributed by atoms with Gasteiger partial charge >= 0.3 is 0 Å². The predicted octanol–water partition coefficient (Wildman–Crippen LogP) is 0.239. The van der Waals surface area contributed by atoms with E-state index in [2.05, 4.69) is 9.68 Å². The summed E-state index contributed by atoms with van der Waals surface area (Å²) in [7, 11) is 0. The smallest absolute Gasteiger partial charge is 0.256 e. The van der Waals surface area contributed by atoms with Crippen molar-refractivity contribution in [3.05, 3.63) is 16.5 Å². The third-order valence-electron chi connectivity index (χ3n) is 1.03. The van der Waals surface area contributed by atoms with Crippen LogP contribution in [0.15, 0.2) is 4.52 Å². The number of hydrogen-bond donors (Lipinski definition) is 1. The van der Waals surface area contributed by atoms with Gasteiger partial charge in [-0.25, -0.2) is 0 Å². The topological polar surface area (TPSA) is 86.2 Å². The van der Waals surface area contributed by atoms with Crippen LogP contribution in [0.25, 0.3) is 0 Å². The van der Waals surface area contributed by atoms with Crippen LogP contribution in [0.2, 0.25) is 5.22 Å². The van der Waals surface area contributed by atoms with Gasteiger partial charge in [0.25, 0.3) is 5.91 Å². The standard InChI is InChI=1S/C5H3ClN2O3/c6-4-3(5(7)10)2(1-9)8-11-4/h1H,(H2,7,10). The number of primary amides is 1. The second kappa shape index (κ2) is 2.71. The summed E-state index contributed by atoms with van der Waals surface area (Å²) in [5.74, 6) is -0.835. The second-order valence-corrected chi connectivity index (χ2v) is 2.04. The van der Waals surface area contributed by atoms with Crippen molar-refractivity contribution in [2.24, 2.45) is 5.73 Å². The van der Waals surface area contributed by atoms with E-state index in [1.807, 2.05) is 0 Å². The van der Waals surface area contributed by atoms with E-state index < -0.39 is 5.91 Å². The largest absolute Gasteiger partial charge is 0.365 e. The molecule has 1 heterocycles. The van der Waals surface area contributed by atoms with E-state index in [0.717, 1.165) is 0 Å². The van der Waals surface area contributed by atoms with Crippen molar-refractivity contribution in [1.29, 1.82) is 0 Å². The Hall–Kier alpha value is -1.36. The number of aromatic nitrogens is 1. The van der Waals surface area contributed by atoms with Gasteiger partial charge in [-0.15, -0.1) is 0 Å². The molecule has 0 atom stereocenters. The Morgan fingerprint density at radius 2 is 2.36 bits per heavy atom. The molecule has 0 bridgehead atoms. The highest BCUT2D eigenvalue weighted by molar-refractivity contribution is 6.32. The molecule has 1 amide bonds. The van der Waals surface area contributed by atoms with E-state index in [-0.39, 0.29) is 16.5 Å². The van der Waals surface area contributed by atoms with Crippen LogP contribution in [0.4, 0.5) is 0 Å². The molecule has 0 unspecified atom stereocenters. The molecule has 0 saturated carbocycles. The summed E-state index contributed by atoms with van der Waals surface area (Å²) in [6.45, 7) is 0. The molecule has 0 aliphatic heterocycles. The molecule has 0 fully saturated rings. The lowest BCUT2D eigenvalue weighted by molar-refractivity contribution is 0.0993. The maximum absolute atomic E-state index is 10.5. The van der Waals surface area contributed by atoms with Crippen LogP contribution in [0, 0.1) is 0 Å². The Morgan fingerprint density at radius 1 is 1.73 bits per heavy atom. The first-order valence-corrected chi connectivity index (χ1v) is 2.94. The molecule has 0 aromatic carbocycles. The van der Waals surface area contributed by atoms with Gasteiger partial charge < -0.3 is 10.3 Å². The lowest BCUT2D eigenvalue weighted by Gasteiger charge is -1.86. The highest BCUT2D eigenvalue weighted by Crippen LogP contribution is 2.17. The van der Waals surface area contributed by atoms with Crippen molar-refractivity contribution >= 4 is 23.8 Å². The highest BCUT2D eigenvalue weighted by Gasteiger charge is 2.18. The molecule has 2 N–H and O–H groups in total.